The highest BCUT2D eigenvalue weighted by molar-refractivity contribution is 5.76. The van der Waals surface area contributed by atoms with E-state index >= 15 is 0 Å². The molecule has 3 aromatic rings. The van der Waals surface area contributed by atoms with E-state index in [0.29, 0.717) is 36.1 Å². The Bertz CT molecular complexity index is 1020. The Balaban J connectivity index is 1.60. The van der Waals surface area contributed by atoms with Crippen molar-refractivity contribution in [1.82, 2.24) is 14.7 Å². The zero-order chi connectivity index (χ0) is 21.8. The molecule has 5 nitrogen and oxygen atoms in total. The number of amides is 1. The van der Waals surface area contributed by atoms with Gasteiger partial charge in [-0.1, -0.05) is 25.1 Å². The van der Waals surface area contributed by atoms with Crippen LogP contribution in [0.25, 0.3) is 5.69 Å². The van der Waals surface area contributed by atoms with Crippen LogP contribution >= 0.6 is 0 Å². The van der Waals surface area contributed by atoms with Crippen LogP contribution in [0, 0.1) is 18.7 Å². The summed E-state index contributed by atoms with van der Waals surface area (Å²) in [6.07, 6.45) is 3.08. The molecule has 1 amide bonds. The van der Waals surface area contributed by atoms with Crippen molar-refractivity contribution < 1.29 is 13.9 Å². The molecule has 0 bridgehead atoms. The average molecular weight is 422 g/mol. The van der Waals surface area contributed by atoms with Gasteiger partial charge in [-0.25, -0.2) is 9.07 Å². The second-order valence-corrected chi connectivity index (χ2v) is 8.24. The van der Waals surface area contributed by atoms with E-state index in [1.807, 2.05) is 42.2 Å². The van der Waals surface area contributed by atoms with Crippen LogP contribution in [0.3, 0.4) is 0 Å². The fraction of sp³-hybridized carbons (Fsp3) is 0.360. The number of nitrogens with zero attached hydrogens (tertiary/aromatic N) is 3. The number of aromatic nitrogens is 2. The molecule has 0 N–H and O–H groups in total. The number of hydrogen-bond donors (Lipinski definition) is 0. The predicted molar refractivity (Wildman–Crippen MR) is 118 cm³/mol. The van der Waals surface area contributed by atoms with E-state index in [4.69, 9.17) is 4.74 Å². The highest BCUT2D eigenvalue weighted by Crippen LogP contribution is 2.32. The Morgan fingerprint density at radius 1 is 1.10 bits per heavy atom. The van der Waals surface area contributed by atoms with Crippen molar-refractivity contribution >= 4 is 5.91 Å². The first-order chi connectivity index (χ1) is 15.0. The number of carbonyl (C=O) groups excluding carboxylic acids is 1. The molecule has 6 heteroatoms. The number of rotatable bonds is 6. The number of aryl methyl sites for hydroxylation is 1. The largest absolute Gasteiger partial charge is 0.439 e. The van der Waals surface area contributed by atoms with Gasteiger partial charge in [0.25, 0.3) is 0 Å². The Morgan fingerprint density at radius 2 is 1.77 bits per heavy atom. The summed E-state index contributed by atoms with van der Waals surface area (Å²) < 4.78 is 21.3. The highest BCUT2D eigenvalue weighted by atomic mass is 19.1. The number of likely N-dealkylation sites (tertiary alicyclic amines) is 1. The molecule has 2 heterocycles. The van der Waals surface area contributed by atoms with Gasteiger partial charge in [-0.05, 0) is 68.5 Å². The highest BCUT2D eigenvalue weighted by Gasteiger charge is 2.23. The lowest BCUT2D eigenvalue weighted by atomic mass is 9.98. The summed E-state index contributed by atoms with van der Waals surface area (Å²) in [5, 5.41) is 4.65. The minimum atomic E-state index is -0.306. The molecular formula is C25H28FN3O2. The Labute approximate surface area is 182 Å². The Kier molecular flexibility index (Phi) is 6.35. The fourth-order valence-corrected chi connectivity index (χ4v) is 3.94. The van der Waals surface area contributed by atoms with Crippen LogP contribution in [-0.4, -0.2) is 33.7 Å². The Morgan fingerprint density at radius 3 is 2.45 bits per heavy atom. The molecule has 4 rings (SSSR count). The molecule has 0 radical (unpaired) electrons. The molecule has 0 aliphatic carbocycles. The van der Waals surface area contributed by atoms with Crippen molar-refractivity contribution in [3.05, 3.63) is 71.7 Å². The van der Waals surface area contributed by atoms with E-state index in [9.17, 15) is 9.18 Å². The van der Waals surface area contributed by atoms with Crippen LogP contribution < -0.4 is 4.74 Å². The van der Waals surface area contributed by atoms with Crippen molar-refractivity contribution in [2.45, 2.75) is 39.5 Å². The maximum atomic E-state index is 13.4. The maximum Gasteiger partial charge on any atom is 0.226 e. The van der Waals surface area contributed by atoms with Gasteiger partial charge in [-0.3, -0.25) is 4.79 Å². The minimum Gasteiger partial charge on any atom is -0.439 e. The van der Waals surface area contributed by atoms with Gasteiger partial charge in [0.15, 0.2) is 0 Å². The number of ether oxygens (including phenoxy) is 1. The van der Waals surface area contributed by atoms with Gasteiger partial charge in [0.05, 0.1) is 11.4 Å². The van der Waals surface area contributed by atoms with E-state index in [0.717, 1.165) is 37.2 Å². The molecule has 1 aliphatic heterocycles. The third-order valence-corrected chi connectivity index (χ3v) is 5.89. The molecule has 0 unspecified atom stereocenters. The first kappa shape index (κ1) is 21.1. The molecule has 0 saturated carbocycles. The first-order valence-corrected chi connectivity index (χ1v) is 10.9. The van der Waals surface area contributed by atoms with Gasteiger partial charge >= 0.3 is 0 Å². The monoisotopic (exact) mass is 421 g/mol. The lowest BCUT2D eigenvalue weighted by Gasteiger charge is -2.30. The van der Waals surface area contributed by atoms with E-state index in [1.54, 1.807) is 16.8 Å². The van der Waals surface area contributed by atoms with Crippen molar-refractivity contribution in [3.63, 3.8) is 0 Å². The summed E-state index contributed by atoms with van der Waals surface area (Å²) in [5.41, 5.74) is 2.40. The van der Waals surface area contributed by atoms with Crippen LogP contribution in [0.2, 0.25) is 0 Å². The minimum absolute atomic E-state index is 0.173. The Hall–Kier alpha value is -3.15. The summed E-state index contributed by atoms with van der Waals surface area (Å²) in [7, 11) is 0. The van der Waals surface area contributed by atoms with Crippen LogP contribution in [0.1, 0.15) is 37.4 Å². The van der Waals surface area contributed by atoms with Crippen molar-refractivity contribution in [2.75, 3.05) is 13.1 Å². The molecule has 1 aliphatic rings. The van der Waals surface area contributed by atoms with Gasteiger partial charge in [0.2, 0.25) is 11.8 Å². The fourth-order valence-electron chi connectivity index (χ4n) is 3.94. The van der Waals surface area contributed by atoms with Crippen LogP contribution in [0.4, 0.5) is 4.39 Å². The van der Waals surface area contributed by atoms with Gasteiger partial charge in [-0.15, -0.1) is 0 Å². The van der Waals surface area contributed by atoms with E-state index in [1.165, 1.54) is 12.1 Å². The van der Waals surface area contributed by atoms with Crippen LogP contribution in [0.5, 0.6) is 11.6 Å². The second-order valence-electron chi connectivity index (χ2n) is 8.24. The maximum absolute atomic E-state index is 13.4. The molecule has 162 valence electrons. The molecule has 1 fully saturated rings. The van der Waals surface area contributed by atoms with Gasteiger partial charge in [-0.2, -0.15) is 5.10 Å². The van der Waals surface area contributed by atoms with E-state index in [2.05, 4.69) is 12.0 Å². The smallest absolute Gasteiger partial charge is 0.226 e. The number of halogens is 1. The quantitative estimate of drug-likeness (QED) is 0.542. The molecule has 0 atom stereocenters. The van der Waals surface area contributed by atoms with E-state index in [-0.39, 0.29) is 11.7 Å². The standard InChI is InChI=1S/C25H28FN3O2/c1-18-14-16-28(17-15-18)24(30)13-12-23-19(2)27-29(21-10-8-20(26)9-11-21)25(23)31-22-6-4-3-5-7-22/h3-11,18H,12-17H2,1-2H3. The molecule has 1 saturated heterocycles. The summed E-state index contributed by atoms with van der Waals surface area (Å²) in [6.45, 7) is 5.82. The lowest BCUT2D eigenvalue weighted by Crippen LogP contribution is -2.38. The van der Waals surface area contributed by atoms with E-state index < -0.39 is 0 Å². The first-order valence-electron chi connectivity index (χ1n) is 10.9. The molecule has 1 aromatic heterocycles. The zero-order valence-electron chi connectivity index (χ0n) is 18.1. The summed E-state index contributed by atoms with van der Waals surface area (Å²) >= 11 is 0. The lowest BCUT2D eigenvalue weighted by molar-refractivity contribution is -0.132. The summed E-state index contributed by atoms with van der Waals surface area (Å²) in [5.74, 6) is 1.80. The third-order valence-electron chi connectivity index (χ3n) is 5.89. The molecular weight excluding hydrogens is 393 g/mol. The topological polar surface area (TPSA) is 47.4 Å². The summed E-state index contributed by atoms with van der Waals surface area (Å²) in [6, 6.07) is 15.6. The average Bonchev–Trinajstić information content (AvgIpc) is 3.08. The third kappa shape index (κ3) is 4.95. The predicted octanol–water partition coefficient (Wildman–Crippen LogP) is 5.30. The van der Waals surface area contributed by atoms with Gasteiger partial charge < -0.3 is 9.64 Å². The molecule has 0 spiro atoms. The van der Waals surface area contributed by atoms with Gasteiger partial charge in [0.1, 0.15) is 11.6 Å². The van der Waals surface area contributed by atoms with Crippen molar-refractivity contribution in [1.29, 1.82) is 0 Å². The normalized spacial score (nSPS) is 14.6. The van der Waals surface area contributed by atoms with Crippen LogP contribution in [-0.2, 0) is 11.2 Å². The summed E-state index contributed by atoms with van der Waals surface area (Å²) in [4.78, 5) is 14.8. The SMILES string of the molecule is Cc1nn(-c2ccc(F)cc2)c(Oc2ccccc2)c1CCC(=O)N1CCC(C)CC1. The number of benzene rings is 2. The van der Waals surface area contributed by atoms with Gasteiger partial charge in [0, 0.05) is 25.1 Å². The zero-order valence-corrected chi connectivity index (χ0v) is 18.1. The number of piperidine rings is 1. The van der Waals surface area contributed by atoms with Crippen molar-refractivity contribution in [2.24, 2.45) is 5.92 Å². The number of para-hydroxylation sites is 1. The second kappa shape index (κ2) is 9.33. The molecule has 2 aromatic carbocycles. The molecule has 31 heavy (non-hydrogen) atoms. The number of carbonyl (C=O) groups is 1. The van der Waals surface area contributed by atoms with Crippen LogP contribution in [0.15, 0.2) is 54.6 Å². The number of hydrogen-bond acceptors (Lipinski definition) is 3. The van der Waals surface area contributed by atoms with Crippen molar-refractivity contribution in [3.8, 4) is 17.3 Å².